The minimum absolute atomic E-state index is 0.164. The third kappa shape index (κ3) is 4.25. The molecule has 0 spiro atoms. The van der Waals surface area contributed by atoms with Crippen LogP contribution < -0.4 is 4.74 Å². The molecule has 0 aliphatic rings. The van der Waals surface area contributed by atoms with E-state index in [2.05, 4.69) is 11.7 Å². The van der Waals surface area contributed by atoms with Gasteiger partial charge in [0.2, 0.25) is 0 Å². The first-order valence-corrected chi connectivity index (χ1v) is 8.00. The molecule has 2 rings (SSSR count). The first-order chi connectivity index (χ1) is 11.4. The number of para-hydroxylation sites is 1. The van der Waals surface area contributed by atoms with Gasteiger partial charge in [-0.05, 0) is 38.8 Å². The number of aromatic nitrogens is 1. The van der Waals surface area contributed by atoms with Crippen LogP contribution in [0.5, 0.6) is 5.75 Å². The Hall–Kier alpha value is -2.56. The van der Waals surface area contributed by atoms with E-state index < -0.39 is 0 Å². The van der Waals surface area contributed by atoms with Gasteiger partial charge in [-0.1, -0.05) is 35.5 Å². The minimum Gasteiger partial charge on any atom is -0.485 e. The van der Waals surface area contributed by atoms with Crippen LogP contribution in [0.1, 0.15) is 41.2 Å². The van der Waals surface area contributed by atoms with Gasteiger partial charge in [0.15, 0.2) is 11.5 Å². The van der Waals surface area contributed by atoms with Crippen molar-refractivity contribution in [2.45, 2.75) is 34.3 Å². The van der Waals surface area contributed by atoms with E-state index in [-0.39, 0.29) is 12.5 Å². The number of carbonyl (C=O) groups excluding carboxylic acids is 1. The molecular formula is C19H24N2O3. The van der Waals surface area contributed by atoms with Crippen LogP contribution in [0.4, 0.5) is 0 Å². The Morgan fingerprint density at radius 3 is 2.58 bits per heavy atom. The number of aryl methyl sites for hydroxylation is 2. The molecule has 1 aromatic carbocycles. The van der Waals surface area contributed by atoms with Crippen LogP contribution in [0, 0.1) is 13.8 Å². The number of benzene rings is 1. The quantitative estimate of drug-likeness (QED) is 0.723. The standard InChI is InChI=1S/C19H24N2O3/c1-6-21(11-13(2)3)19(22)17-10-16(24-20-17)12-23-18-14(4)8-7-9-15(18)5/h7-10H,2,6,11-12H2,1,3-5H3. The van der Waals surface area contributed by atoms with Gasteiger partial charge in [-0.25, -0.2) is 0 Å². The van der Waals surface area contributed by atoms with E-state index in [1.807, 2.05) is 45.9 Å². The van der Waals surface area contributed by atoms with Crippen LogP contribution in [-0.4, -0.2) is 29.1 Å². The third-order valence-corrected chi connectivity index (χ3v) is 3.68. The predicted octanol–water partition coefficient (Wildman–Crippen LogP) is 3.91. The van der Waals surface area contributed by atoms with Gasteiger partial charge in [-0.2, -0.15) is 0 Å². The fourth-order valence-electron chi connectivity index (χ4n) is 2.47. The smallest absolute Gasteiger partial charge is 0.276 e. The average molecular weight is 328 g/mol. The van der Waals surface area contributed by atoms with E-state index in [9.17, 15) is 4.79 Å². The summed E-state index contributed by atoms with van der Waals surface area (Å²) in [5, 5.41) is 3.87. The second kappa shape index (κ2) is 7.81. The van der Waals surface area contributed by atoms with E-state index in [1.165, 1.54) is 0 Å². The molecule has 0 saturated carbocycles. The summed E-state index contributed by atoms with van der Waals surface area (Å²) in [6.07, 6.45) is 0. The highest BCUT2D eigenvalue weighted by Gasteiger charge is 2.19. The van der Waals surface area contributed by atoms with Crippen molar-refractivity contribution in [3.05, 3.63) is 59.0 Å². The Morgan fingerprint density at radius 1 is 1.33 bits per heavy atom. The molecule has 0 N–H and O–H groups in total. The van der Waals surface area contributed by atoms with Crippen LogP contribution >= 0.6 is 0 Å². The number of rotatable bonds is 7. The lowest BCUT2D eigenvalue weighted by Crippen LogP contribution is -2.32. The van der Waals surface area contributed by atoms with Crippen molar-refractivity contribution in [2.75, 3.05) is 13.1 Å². The maximum atomic E-state index is 12.4. The maximum Gasteiger partial charge on any atom is 0.276 e. The van der Waals surface area contributed by atoms with Gasteiger partial charge in [-0.15, -0.1) is 0 Å². The molecule has 1 heterocycles. The van der Waals surface area contributed by atoms with Gasteiger partial charge in [0.05, 0.1) is 0 Å². The molecule has 2 aromatic rings. The molecule has 24 heavy (non-hydrogen) atoms. The summed E-state index contributed by atoms with van der Waals surface area (Å²) >= 11 is 0. The van der Waals surface area contributed by atoms with Gasteiger partial charge in [0, 0.05) is 19.2 Å². The molecular weight excluding hydrogens is 304 g/mol. The van der Waals surface area contributed by atoms with Crippen molar-refractivity contribution in [3.63, 3.8) is 0 Å². The van der Waals surface area contributed by atoms with E-state index in [4.69, 9.17) is 9.26 Å². The molecule has 5 nitrogen and oxygen atoms in total. The lowest BCUT2D eigenvalue weighted by Gasteiger charge is -2.19. The summed E-state index contributed by atoms with van der Waals surface area (Å²) in [7, 11) is 0. The molecule has 0 aliphatic heterocycles. The van der Waals surface area contributed by atoms with Crippen molar-refractivity contribution >= 4 is 5.91 Å². The Bertz CT molecular complexity index is 714. The van der Waals surface area contributed by atoms with E-state index >= 15 is 0 Å². The molecule has 0 saturated heterocycles. The summed E-state index contributed by atoms with van der Waals surface area (Å²) in [4.78, 5) is 14.1. The van der Waals surface area contributed by atoms with Crippen LogP contribution in [0.15, 0.2) is 40.9 Å². The molecule has 1 aromatic heterocycles. The van der Waals surface area contributed by atoms with Crippen LogP contribution in [0.25, 0.3) is 0 Å². The third-order valence-electron chi connectivity index (χ3n) is 3.68. The van der Waals surface area contributed by atoms with E-state index in [0.29, 0.717) is 24.5 Å². The number of nitrogens with zero attached hydrogens (tertiary/aromatic N) is 2. The number of carbonyl (C=O) groups is 1. The largest absolute Gasteiger partial charge is 0.485 e. The zero-order valence-electron chi connectivity index (χ0n) is 14.8. The molecule has 0 unspecified atom stereocenters. The van der Waals surface area contributed by atoms with Gasteiger partial charge < -0.3 is 14.2 Å². The Kier molecular flexibility index (Phi) is 5.79. The second-order valence-electron chi connectivity index (χ2n) is 5.96. The Morgan fingerprint density at radius 2 is 2.00 bits per heavy atom. The molecule has 0 fully saturated rings. The second-order valence-corrected chi connectivity index (χ2v) is 5.96. The van der Waals surface area contributed by atoms with E-state index in [0.717, 1.165) is 22.4 Å². The van der Waals surface area contributed by atoms with Gasteiger partial charge >= 0.3 is 0 Å². The lowest BCUT2D eigenvalue weighted by molar-refractivity contribution is 0.0767. The van der Waals surface area contributed by atoms with Gasteiger partial charge in [0.25, 0.3) is 5.91 Å². The Labute approximate surface area is 142 Å². The fourth-order valence-corrected chi connectivity index (χ4v) is 2.47. The number of amides is 1. The molecule has 0 bridgehead atoms. The lowest BCUT2D eigenvalue weighted by atomic mass is 10.1. The first kappa shape index (κ1) is 17.8. The minimum atomic E-state index is -0.164. The molecule has 0 aliphatic carbocycles. The fraction of sp³-hybridized carbons (Fsp3) is 0.368. The van der Waals surface area contributed by atoms with Crippen molar-refractivity contribution in [2.24, 2.45) is 0 Å². The number of hydrogen-bond acceptors (Lipinski definition) is 4. The molecule has 5 heteroatoms. The predicted molar refractivity (Wildman–Crippen MR) is 93.1 cm³/mol. The van der Waals surface area contributed by atoms with Crippen LogP contribution in [-0.2, 0) is 6.61 Å². The summed E-state index contributed by atoms with van der Waals surface area (Å²) in [5.74, 6) is 1.19. The highest BCUT2D eigenvalue weighted by Crippen LogP contribution is 2.23. The number of ether oxygens (including phenoxy) is 1. The average Bonchev–Trinajstić information content (AvgIpc) is 3.00. The van der Waals surface area contributed by atoms with Crippen molar-refractivity contribution in [1.29, 1.82) is 0 Å². The number of likely N-dealkylation sites (N-methyl/N-ethyl adjacent to an activating group) is 1. The topological polar surface area (TPSA) is 55.6 Å². The molecule has 0 atom stereocenters. The molecule has 0 radical (unpaired) electrons. The highest BCUT2D eigenvalue weighted by molar-refractivity contribution is 5.92. The van der Waals surface area contributed by atoms with Gasteiger partial charge in [-0.3, -0.25) is 4.79 Å². The normalized spacial score (nSPS) is 10.5. The van der Waals surface area contributed by atoms with Crippen molar-refractivity contribution in [1.82, 2.24) is 10.1 Å². The summed E-state index contributed by atoms with van der Waals surface area (Å²) in [6.45, 7) is 13.0. The summed E-state index contributed by atoms with van der Waals surface area (Å²) < 4.78 is 11.1. The SMILES string of the molecule is C=C(C)CN(CC)C(=O)c1cc(COc2c(C)cccc2C)on1. The highest BCUT2D eigenvalue weighted by atomic mass is 16.5. The van der Waals surface area contributed by atoms with Crippen molar-refractivity contribution < 1.29 is 14.1 Å². The van der Waals surface area contributed by atoms with E-state index in [1.54, 1.807) is 11.0 Å². The number of hydrogen-bond donors (Lipinski definition) is 0. The first-order valence-electron chi connectivity index (χ1n) is 8.00. The zero-order valence-corrected chi connectivity index (χ0v) is 14.8. The van der Waals surface area contributed by atoms with Crippen molar-refractivity contribution in [3.8, 4) is 5.75 Å². The summed E-state index contributed by atoms with van der Waals surface area (Å²) in [5.41, 5.74) is 3.33. The maximum absolute atomic E-state index is 12.4. The monoisotopic (exact) mass is 328 g/mol. The summed E-state index contributed by atoms with van der Waals surface area (Å²) in [6, 6.07) is 7.61. The molecule has 128 valence electrons. The Balaban J connectivity index is 2.05. The van der Waals surface area contributed by atoms with Crippen LogP contribution in [0.3, 0.4) is 0 Å². The van der Waals surface area contributed by atoms with Crippen LogP contribution in [0.2, 0.25) is 0 Å². The van der Waals surface area contributed by atoms with Gasteiger partial charge in [0.1, 0.15) is 12.4 Å². The zero-order chi connectivity index (χ0) is 17.7. The molecule has 1 amide bonds.